The molecule has 1 fully saturated rings. The maximum atomic E-state index is 11.1. The van der Waals surface area contributed by atoms with Gasteiger partial charge in [0.05, 0.1) is 6.61 Å². The van der Waals surface area contributed by atoms with Crippen LogP contribution in [0.25, 0.3) is 0 Å². The highest BCUT2D eigenvalue weighted by Gasteiger charge is 2.37. The number of epoxide rings is 1. The first-order valence-electron chi connectivity index (χ1n) is 5.36. The number of ether oxygens (including phenoxy) is 2. The fourth-order valence-corrected chi connectivity index (χ4v) is 1.54. The third-order valence-corrected chi connectivity index (χ3v) is 2.36. The van der Waals surface area contributed by atoms with Crippen LogP contribution in [0.15, 0.2) is 42.5 Å². The van der Waals surface area contributed by atoms with E-state index in [1.54, 1.807) is 13.0 Å². The van der Waals surface area contributed by atoms with Crippen molar-refractivity contribution in [3.63, 3.8) is 0 Å². The molecule has 2 atom stereocenters. The van der Waals surface area contributed by atoms with Gasteiger partial charge < -0.3 is 9.47 Å². The molecular formula is C13H14O3. The van der Waals surface area contributed by atoms with Crippen molar-refractivity contribution in [1.82, 2.24) is 0 Å². The van der Waals surface area contributed by atoms with E-state index in [2.05, 4.69) is 0 Å². The summed E-state index contributed by atoms with van der Waals surface area (Å²) < 4.78 is 10.2. The van der Waals surface area contributed by atoms with Crippen LogP contribution in [0.4, 0.5) is 0 Å². The van der Waals surface area contributed by atoms with Crippen LogP contribution in [0.5, 0.6) is 0 Å². The summed E-state index contributed by atoms with van der Waals surface area (Å²) in [7, 11) is 0. The van der Waals surface area contributed by atoms with Gasteiger partial charge in [-0.1, -0.05) is 30.3 Å². The second-order valence-electron chi connectivity index (χ2n) is 3.54. The van der Waals surface area contributed by atoms with Gasteiger partial charge in [-0.05, 0) is 18.6 Å². The molecule has 0 amide bonds. The molecule has 1 heterocycles. The van der Waals surface area contributed by atoms with Crippen molar-refractivity contribution in [3.8, 4) is 0 Å². The van der Waals surface area contributed by atoms with Gasteiger partial charge in [0, 0.05) is 6.08 Å². The van der Waals surface area contributed by atoms with Gasteiger partial charge in [0.2, 0.25) is 0 Å². The number of hydrogen-bond donors (Lipinski definition) is 0. The Bertz CT molecular complexity index is 383. The Morgan fingerprint density at radius 2 is 2.19 bits per heavy atom. The van der Waals surface area contributed by atoms with Gasteiger partial charge in [-0.3, -0.25) is 0 Å². The molecule has 0 unspecified atom stereocenters. The molecule has 1 saturated heterocycles. The fraction of sp³-hybridized carbons (Fsp3) is 0.308. The van der Waals surface area contributed by atoms with Crippen LogP contribution < -0.4 is 0 Å². The van der Waals surface area contributed by atoms with Crippen LogP contribution >= 0.6 is 0 Å². The predicted molar refractivity (Wildman–Crippen MR) is 59.8 cm³/mol. The highest BCUT2D eigenvalue weighted by atomic mass is 16.6. The fourth-order valence-electron chi connectivity index (χ4n) is 1.54. The Kier molecular flexibility index (Phi) is 3.37. The van der Waals surface area contributed by atoms with Crippen LogP contribution in [-0.2, 0) is 14.3 Å². The van der Waals surface area contributed by atoms with Crippen molar-refractivity contribution in [2.24, 2.45) is 0 Å². The monoisotopic (exact) mass is 218 g/mol. The highest BCUT2D eigenvalue weighted by Crippen LogP contribution is 2.39. The minimum atomic E-state index is -0.315. The van der Waals surface area contributed by atoms with Gasteiger partial charge in [-0.15, -0.1) is 0 Å². The van der Waals surface area contributed by atoms with Crippen molar-refractivity contribution in [2.75, 3.05) is 6.61 Å². The standard InChI is InChI=1S/C13H14O3/c1-2-15-12(14)9-8-11-13(16-11)10-6-4-3-5-7-10/h3-9,11,13H,2H2,1H3/b9-8+/t11-,13+/m0/s1. The van der Waals surface area contributed by atoms with Gasteiger partial charge in [-0.2, -0.15) is 0 Å². The Balaban J connectivity index is 1.86. The van der Waals surface area contributed by atoms with Gasteiger partial charge in [0.25, 0.3) is 0 Å². The maximum Gasteiger partial charge on any atom is 0.330 e. The lowest BCUT2D eigenvalue weighted by molar-refractivity contribution is -0.137. The van der Waals surface area contributed by atoms with Crippen molar-refractivity contribution < 1.29 is 14.3 Å². The summed E-state index contributed by atoms with van der Waals surface area (Å²) in [5, 5.41) is 0. The third-order valence-electron chi connectivity index (χ3n) is 2.36. The summed E-state index contributed by atoms with van der Waals surface area (Å²) in [5.74, 6) is -0.315. The predicted octanol–water partition coefficient (Wildman–Crippen LogP) is 2.25. The Hall–Kier alpha value is -1.61. The number of esters is 1. The summed E-state index contributed by atoms with van der Waals surface area (Å²) in [4.78, 5) is 11.1. The second-order valence-corrected chi connectivity index (χ2v) is 3.54. The molecule has 16 heavy (non-hydrogen) atoms. The van der Waals surface area contributed by atoms with Crippen LogP contribution in [0, 0.1) is 0 Å². The molecule has 0 aromatic heterocycles. The first-order valence-corrected chi connectivity index (χ1v) is 5.36. The van der Waals surface area contributed by atoms with Crippen molar-refractivity contribution in [3.05, 3.63) is 48.0 Å². The van der Waals surface area contributed by atoms with Crippen LogP contribution in [0.2, 0.25) is 0 Å². The molecule has 0 N–H and O–H groups in total. The molecule has 0 radical (unpaired) electrons. The van der Waals surface area contributed by atoms with Crippen molar-refractivity contribution in [2.45, 2.75) is 19.1 Å². The molecule has 0 spiro atoms. The molecule has 1 aromatic carbocycles. The quantitative estimate of drug-likeness (QED) is 0.442. The number of hydrogen-bond acceptors (Lipinski definition) is 3. The lowest BCUT2D eigenvalue weighted by Crippen LogP contribution is -1.99. The molecule has 1 aliphatic rings. The summed E-state index contributed by atoms with van der Waals surface area (Å²) in [6.07, 6.45) is 3.27. The van der Waals surface area contributed by atoms with Crippen molar-refractivity contribution >= 4 is 5.97 Å². The number of carbonyl (C=O) groups excluding carboxylic acids is 1. The van der Waals surface area contributed by atoms with E-state index in [0.29, 0.717) is 6.61 Å². The van der Waals surface area contributed by atoms with E-state index in [0.717, 1.165) is 5.56 Å². The largest absolute Gasteiger partial charge is 0.463 e. The average molecular weight is 218 g/mol. The van der Waals surface area contributed by atoms with Crippen LogP contribution in [0.1, 0.15) is 18.6 Å². The summed E-state index contributed by atoms with van der Waals surface area (Å²) in [6, 6.07) is 9.95. The molecule has 1 aliphatic heterocycles. The summed E-state index contributed by atoms with van der Waals surface area (Å²) in [6.45, 7) is 2.18. The minimum absolute atomic E-state index is 0.00630. The normalized spacial score (nSPS) is 23.3. The maximum absolute atomic E-state index is 11.1. The SMILES string of the molecule is CCOC(=O)/C=C/[C@@H]1O[C@@H]1c1ccccc1. The van der Waals surface area contributed by atoms with Gasteiger partial charge in [-0.25, -0.2) is 4.79 Å². The van der Waals surface area contributed by atoms with Crippen molar-refractivity contribution in [1.29, 1.82) is 0 Å². The third kappa shape index (κ3) is 2.70. The highest BCUT2D eigenvalue weighted by molar-refractivity contribution is 5.82. The molecule has 0 bridgehead atoms. The minimum Gasteiger partial charge on any atom is -0.463 e. The van der Waals surface area contributed by atoms with E-state index in [4.69, 9.17) is 9.47 Å². The second kappa shape index (κ2) is 4.94. The molecule has 0 saturated carbocycles. The lowest BCUT2D eigenvalue weighted by atomic mass is 10.1. The Labute approximate surface area is 94.7 Å². The smallest absolute Gasteiger partial charge is 0.330 e. The zero-order valence-corrected chi connectivity index (χ0v) is 9.13. The Morgan fingerprint density at radius 1 is 1.44 bits per heavy atom. The van der Waals surface area contributed by atoms with E-state index >= 15 is 0 Å². The zero-order valence-electron chi connectivity index (χ0n) is 9.13. The van der Waals surface area contributed by atoms with E-state index in [1.807, 2.05) is 30.3 Å². The molecule has 3 nitrogen and oxygen atoms in total. The topological polar surface area (TPSA) is 38.8 Å². The first-order chi connectivity index (χ1) is 7.81. The zero-order chi connectivity index (χ0) is 11.4. The van der Waals surface area contributed by atoms with Crippen LogP contribution in [0.3, 0.4) is 0 Å². The first kappa shape index (κ1) is 10.9. The number of benzene rings is 1. The average Bonchev–Trinajstić information content (AvgIpc) is 3.07. The van der Waals surface area contributed by atoms with Gasteiger partial charge in [0.1, 0.15) is 12.2 Å². The molecule has 84 valence electrons. The number of carbonyl (C=O) groups is 1. The Morgan fingerprint density at radius 3 is 2.88 bits per heavy atom. The van der Waals surface area contributed by atoms with E-state index in [-0.39, 0.29) is 18.2 Å². The van der Waals surface area contributed by atoms with Crippen LogP contribution in [-0.4, -0.2) is 18.7 Å². The molecule has 0 aliphatic carbocycles. The lowest BCUT2D eigenvalue weighted by Gasteiger charge is -1.93. The molecular weight excluding hydrogens is 204 g/mol. The van der Waals surface area contributed by atoms with E-state index in [9.17, 15) is 4.79 Å². The summed E-state index contributed by atoms with van der Waals surface area (Å²) >= 11 is 0. The van der Waals surface area contributed by atoms with E-state index in [1.165, 1.54) is 6.08 Å². The molecule has 2 rings (SSSR count). The molecule has 1 aromatic rings. The van der Waals surface area contributed by atoms with E-state index < -0.39 is 0 Å². The van der Waals surface area contributed by atoms with Gasteiger partial charge in [0.15, 0.2) is 0 Å². The number of rotatable bonds is 4. The molecule has 3 heteroatoms. The summed E-state index contributed by atoms with van der Waals surface area (Å²) in [5.41, 5.74) is 1.14. The van der Waals surface area contributed by atoms with Gasteiger partial charge >= 0.3 is 5.97 Å².